The zero-order chi connectivity index (χ0) is 17.8. The molecule has 1 saturated heterocycles. The van der Waals surface area contributed by atoms with Gasteiger partial charge in [0.15, 0.2) is 5.69 Å². The second-order valence-corrected chi connectivity index (χ2v) is 7.53. The molecule has 6 heteroatoms. The SMILES string of the molecule is O=C(NCc1ccc2c(c1)CCCC2)c1cn(CC2CCCNC2)nn1. The van der Waals surface area contributed by atoms with Crippen LogP contribution in [0.25, 0.3) is 0 Å². The maximum absolute atomic E-state index is 12.4. The van der Waals surface area contributed by atoms with Crippen LogP contribution in [-0.4, -0.2) is 34.0 Å². The first-order chi connectivity index (χ1) is 12.8. The fourth-order valence-electron chi connectivity index (χ4n) is 4.01. The number of carbonyl (C=O) groups is 1. The van der Waals surface area contributed by atoms with E-state index in [0.29, 0.717) is 18.2 Å². The van der Waals surface area contributed by atoms with Crippen LogP contribution >= 0.6 is 0 Å². The molecule has 1 unspecified atom stereocenters. The molecule has 2 heterocycles. The fraction of sp³-hybridized carbons (Fsp3) is 0.550. The highest BCUT2D eigenvalue weighted by atomic mass is 16.2. The van der Waals surface area contributed by atoms with E-state index in [1.54, 1.807) is 10.9 Å². The predicted octanol–water partition coefficient (Wildman–Crippen LogP) is 2.09. The minimum Gasteiger partial charge on any atom is -0.347 e. The molecule has 4 rings (SSSR count). The molecular weight excluding hydrogens is 326 g/mol. The van der Waals surface area contributed by atoms with Crippen molar-refractivity contribution in [2.75, 3.05) is 13.1 Å². The number of aromatic nitrogens is 3. The third-order valence-electron chi connectivity index (χ3n) is 5.48. The summed E-state index contributed by atoms with van der Waals surface area (Å²) in [6, 6.07) is 6.57. The molecule has 0 saturated carbocycles. The number of carbonyl (C=O) groups excluding carboxylic acids is 1. The number of piperidine rings is 1. The molecule has 2 aromatic rings. The number of fused-ring (bicyclic) bond motifs is 1. The number of hydrogen-bond acceptors (Lipinski definition) is 4. The zero-order valence-electron chi connectivity index (χ0n) is 15.2. The Labute approximate surface area is 154 Å². The van der Waals surface area contributed by atoms with Gasteiger partial charge in [0.05, 0.1) is 6.20 Å². The van der Waals surface area contributed by atoms with E-state index >= 15 is 0 Å². The number of benzene rings is 1. The lowest BCUT2D eigenvalue weighted by Crippen LogP contribution is -2.32. The first kappa shape index (κ1) is 17.2. The second-order valence-electron chi connectivity index (χ2n) is 7.53. The van der Waals surface area contributed by atoms with E-state index in [1.807, 2.05) is 0 Å². The van der Waals surface area contributed by atoms with Crippen molar-refractivity contribution in [2.24, 2.45) is 5.92 Å². The van der Waals surface area contributed by atoms with Crippen LogP contribution in [-0.2, 0) is 25.9 Å². The number of rotatable bonds is 5. The van der Waals surface area contributed by atoms with Crippen LogP contribution in [0.1, 0.15) is 52.9 Å². The summed E-state index contributed by atoms with van der Waals surface area (Å²) < 4.78 is 1.80. The van der Waals surface area contributed by atoms with Crippen molar-refractivity contribution in [2.45, 2.75) is 51.6 Å². The molecule has 2 N–H and O–H groups in total. The van der Waals surface area contributed by atoms with E-state index in [2.05, 4.69) is 39.1 Å². The summed E-state index contributed by atoms with van der Waals surface area (Å²) >= 11 is 0. The van der Waals surface area contributed by atoms with Crippen LogP contribution < -0.4 is 10.6 Å². The standard InChI is InChI=1S/C20H27N5O/c26-20(19-14-25(24-23-19)13-16-4-3-9-21-11-16)22-12-15-7-8-17-5-1-2-6-18(17)10-15/h7-8,10,14,16,21H,1-6,9,11-13H2,(H,22,26). The molecule has 0 bridgehead atoms. The van der Waals surface area contributed by atoms with Crippen molar-refractivity contribution >= 4 is 5.91 Å². The number of amides is 1. The number of nitrogens with one attached hydrogen (secondary N) is 2. The summed E-state index contributed by atoms with van der Waals surface area (Å²) in [6.07, 6.45) is 9.05. The summed E-state index contributed by atoms with van der Waals surface area (Å²) in [4.78, 5) is 12.4. The van der Waals surface area contributed by atoms with Crippen LogP contribution in [0.5, 0.6) is 0 Å². The minimum absolute atomic E-state index is 0.157. The molecule has 1 atom stereocenters. The van der Waals surface area contributed by atoms with E-state index in [4.69, 9.17) is 0 Å². The molecule has 6 nitrogen and oxygen atoms in total. The highest BCUT2D eigenvalue weighted by Crippen LogP contribution is 2.22. The number of hydrogen-bond donors (Lipinski definition) is 2. The van der Waals surface area contributed by atoms with Gasteiger partial charge in [-0.25, -0.2) is 0 Å². The van der Waals surface area contributed by atoms with Gasteiger partial charge in [0.2, 0.25) is 0 Å². The predicted molar refractivity (Wildman–Crippen MR) is 99.9 cm³/mol. The normalized spacial score (nSPS) is 19.8. The molecule has 1 aliphatic carbocycles. The van der Waals surface area contributed by atoms with Gasteiger partial charge in [-0.05, 0) is 74.2 Å². The molecule has 1 aliphatic heterocycles. The Morgan fingerprint density at radius 1 is 1.23 bits per heavy atom. The van der Waals surface area contributed by atoms with Crippen molar-refractivity contribution < 1.29 is 4.79 Å². The highest BCUT2D eigenvalue weighted by molar-refractivity contribution is 5.91. The van der Waals surface area contributed by atoms with Crippen LogP contribution in [0.2, 0.25) is 0 Å². The van der Waals surface area contributed by atoms with Gasteiger partial charge in [0, 0.05) is 13.1 Å². The maximum Gasteiger partial charge on any atom is 0.273 e. The molecule has 0 radical (unpaired) electrons. The average molecular weight is 353 g/mol. The van der Waals surface area contributed by atoms with Gasteiger partial charge in [-0.3, -0.25) is 9.48 Å². The molecule has 26 heavy (non-hydrogen) atoms. The molecule has 1 amide bonds. The molecule has 138 valence electrons. The lowest BCUT2D eigenvalue weighted by atomic mass is 9.90. The maximum atomic E-state index is 12.4. The van der Waals surface area contributed by atoms with Crippen LogP contribution in [0.3, 0.4) is 0 Å². The van der Waals surface area contributed by atoms with Crippen LogP contribution in [0.4, 0.5) is 0 Å². The van der Waals surface area contributed by atoms with Crippen LogP contribution in [0, 0.1) is 5.92 Å². The van der Waals surface area contributed by atoms with E-state index in [1.165, 1.54) is 43.2 Å². The third-order valence-corrected chi connectivity index (χ3v) is 5.48. The first-order valence-corrected chi connectivity index (χ1v) is 9.77. The topological polar surface area (TPSA) is 71.8 Å². The Hall–Kier alpha value is -2.21. The first-order valence-electron chi connectivity index (χ1n) is 9.77. The van der Waals surface area contributed by atoms with E-state index in [9.17, 15) is 4.79 Å². The van der Waals surface area contributed by atoms with Gasteiger partial charge in [0.25, 0.3) is 5.91 Å². The Bertz CT molecular complexity index is 763. The molecule has 1 fully saturated rings. The molecule has 1 aromatic heterocycles. The van der Waals surface area contributed by atoms with Gasteiger partial charge in [-0.2, -0.15) is 0 Å². The Morgan fingerprint density at radius 2 is 2.12 bits per heavy atom. The van der Waals surface area contributed by atoms with Crippen molar-refractivity contribution in [1.82, 2.24) is 25.6 Å². The summed E-state index contributed by atoms with van der Waals surface area (Å²) in [5.41, 5.74) is 4.45. The average Bonchev–Trinajstić information content (AvgIpc) is 3.15. The molecule has 2 aliphatic rings. The Balaban J connectivity index is 1.32. The smallest absolute Gasteiger partial charge is 0.273 e. The molecule has 0 spiro atoms. The summed E-state index contributed by atoms with van der Waals surface area (Å²) in [5, 5.41) is 14.5. The van der Waals surface area contributed by atoms with Crippen molar-refractivity contribution in [3.05, 3.63) is 46.8 Å². The summed E-state index contributed by atoms with van der Waals surface area (Å²) in [6.45, 7) is 3.47. The minimum atomic E-state index is -0.157. The largest absolute Gasteiger partial charge is 0.347 e. The summed E-state index contributed by atoms with van der Waals surface area (Å²) in [5.74, 6) is 0.410. The van der Waals surface area contributed by atoms with Gasteiger partial charge < -0.3 is 10.6 Å². The van der Waals surface area contributed by atoms with E-state index < -0.39 is 0 Å². The number of nitrogens with zero attached hydrogens (tertiary/aromatic N) is 3. The van der Waals surface area contributed by atoms with Gasteiger partial charge in [-0.15, -0.1) is 5.10 Å². The van der Waals surface area contributed by atoms with Crippen molar-refractivity contribution in [3.63, 3.8) is 0 Å². The van der Waals surface area contributed by atoms with Gasteiger partial charge >= 0.3 is 0 Å². The zero-order valence-corrected chi connectivity index (χ0v) is 15.2. The third kappa shape index (κ3) is 4.12. The molecular formula is C20H27N5O. The van der Waals surface area contributed by atoms with Crippen molar-refractivity contribution in [1.29, 1.82) is 0 Å². The van der Waals surface area contributed by atoms with Gasteiger partial charge in [0.1, 0.15) is 0 Å². The van der Waals surface area contributed by atoms with Crippen LogP contribution in [0.15, 0.2) is 24.4 Å². The Morgan fingerprint density at radius 3 is 2.96 bits per heavy atom. The highest BCUT2D eigenvalue weighted by Gasteiger charge is 2.16. The van der Waals surface area contributed by atoms with E-state index in [0.717, 1.165) is 31.6 Å². The second kappa shape index (κ2) is 7.99. The Kier molecular flexibility index (Phi) is 5.29. The monoisotopic (exact) mass is 353 g/mol. The summed E-state index contributed by atoms with van der Waals surface area (Å²) in [7, 11) is 0. The molecule has 1 aromatic carbocycles. The van der Waals surface area contributed by atoms with E-state index in [-0.39, 0.29) is 5.91 Å². The lowest BCUT2D eigenvalue weighted by Gasteiger charge is -2.22. The van der Waals surface area contributed by atoms with Gasteiger partial charge in [-0.1, -0.05) is 23.4 Å². The lowest BCUT2D eigenvalue weighted by molar-refractivity contribution is 0.0946. The van der Waals surface area contributed by atoms with Crippen molar-refractivity contribution in [3.8, 4) is 0 Å². The number of aryl methyl sites for hydroxylation is 2. The fourth-order valence-corrected chi connectivity index (χ4v) is 4.01. The quantitative estimate of drug-likeness (QED) is 0.863.